The molecule has 4 nitrogen and oxygen atoms in total. The Labute approximate surface area is 109 Å². The van der Waals surface area contributed by atoms with Crippen LogP contribution in [0.2, 0.25) is 0 Å². The molecule has 1 aromatic rings. The molecule has 0 bridgehead atoms. The second kappa shape index (κ2) is 7.01. The molecule has 0 amide bonds. The fraction of sp³-hybridized carbons (Fsp3) is 0.500. The maximum atomic E-state index is 11.3. The van der Waals surface area contributed by atoms with Crippen LogP contribution < -0.4 is 10.5 Å². The van der Waals surface area contributed by atoms with Gasteiger partial charge in [0.25, 0.3) is 0 Å². The highest BCUT2D eigenvalue weighted by molar-refractivity contribution is 5.99. The number of hydrogen-bond donors (Lipinski definition) is 1. The van der Waals surface area contributed by atoms with Crippen molar-refractivity contribution in [1.82, 2.24) is 4.90 Å². The summed E-state index contributed by atoms with van der Waals surface area (Å²) in [4.78, 5) is 13.6. The van der Waals surface area contributed by atoms with Gasteiger partial charge in [-0.25, -0.2) is 0 Å². The number of carbonyl (C=O) groups excluding carboxylic acids is 1. The van der Waals surface area contributed by atoms with E-state index in [0.29, 0.717) is 23.6 Å². The van der Waals surface area contributed by atoms with E-state index < -0.39 is 0 Å². The number of ketones is 1. The summed E-state index contributed by atoms with van der Waals surface area (Å²) in [6.45, 7) is 9.28. The van der Waals surface area contributed by atoms with Crippen LogP contribution in [0, 0.1) is 0 Å². The van der Waals surface area contributed by atoms with E-state index in [2.05, 4.69) is 18.7 Å². The summed E-state index contributed by atoms with van der Waals surface area (Å²) in [5.74, 6) is 0.656. The molecular formula is C14H22N2O2. The van der Waals surface area contributed by atoms with E-state index in [0.717, 1.165) is 19.6 Å². The van der Waals surface area contributed by atoms with Crippen LogP contribution in [0.3, 0.4) is 0 Å². The molecule has 0 unspecified atom stereocenters. The summed E-state index contributed by atoms with van der Waals surface area (Å²) in [6, 6.07) is 5.22. The van der Waals surface area contributed by atoms with Crippen molar-refractivity contribution in [3.63, 3.8) is 0 Å². The monoisotopic (exact) mass is 250 g/mol. The van der Waals surface area contributed by atoms with Crippen molar-refractivity contribution >= 4 is 11.5 Å². The van der Waals surface area contributed by atoms with Crippen LogP contribution in [-0.4, -0.2) is 36.9 Å². The maximum Gasteiger partial charge on any atom is 0.162 e. The zero-order valence-electron chi connectivity index (χ0n) is 11.4. The Morgan fingerprint density at radius 2 is 2.00 bits per heavy atom. The minimum atomic E-state index is -0.0401. The van der Waals surface area contributed by atoms with E-state index in [4.69, 9.17) is 10.5 Å². The van der Waals surface area contributed by atoms with E-state index in [1.165, 1.54) is 6.92 Å². The fourth-order valence-corrected chi connectivity index (χ4v) is 1.76. The van der Waals surface area contributed by atoms with Gasteiger partial charge in [-0.05, 0) is 38.2 Å². The molecule has 2 N–H and O–H groups in total. The predicted octanol–water partition coefficient (Wildman–Crippen LogP) is 2.19. The highest BCUT2D eigenvalue weighted by Gasteiger charge is 2.07. The summed E-state index contributed by atoms with van der Waals surface area (Å²) in [7, 11) is 0. The van der Waals surface area contributed by atoms with E-state index >= 15 is 0 Å². The lowest BCUT2D eigenvalue weighted by Gasteiger charge is -2.18. The molecular weight excluding hydrogens is 228 g/mol. The summed E-state index contributed by atoms with van der Waals surface area (Å²) in [5, 5.41) is 0. The zero-order valence-corrected chi connectivity index (χ0v) is 11.4. The summed E-state index contributed by atoms with van der Waals surface area (Å²) < 4.78 is 5.64. The Bertz CT molecular complexity index is 401. The fourth-order valence-electron chi connectivity index (χ4n) is 1.76. The molecule has 0 heterocycles. The van der Waals surface area contributed by atoms with Gasteiger partial charge in [-0.15, -0.1) is 0 Å². The largest absolute Gasteiger partial charge is 0.492 e. The lowest BCUT2D eigenvalue weighted by molar-refractivity contribution is 0.101. The van der Waals surface area contributed by atoms with Gasteiger partial charge in [-0.1, -0.05) is 13.8 Å². The number of nitrogen functional groups attached to an aromatic ring is 1. The van der Waals surface area contributed by atoms with Gasteiger partial charge in [0.1, 0.15) is 12.4 Å². The molecule has 0 aliphatic heterocycles. The number of nitrogens with two attached hydrogens (primary N) is 1. The smallest absolute Gasteiger partial charge is 0.162 e. The lowest BCUT2D eigenvalue weighted by Crippen LogP contribution is -2.27. The average molecular weight is 250 g/mol. The summed E-state index contributed by atoms with van der Waals surface area (Å²) >= 11 is 0. The highest BCUT2D eigenvalue weighted by Crippen LogP contribution is 2.20. The minimum absolute atomic E-state index is 0.0401. The number of hydrogen-bond acceptors (Lipinski definition) is 4. The van der Waals surface area contributed by atoms with Gasteiger partial charge in [0.05, 0.1) is 0 Å². The van der Waals surface area contributed by atoms with Crippen molar-refractivity contribution in [3.05, 3.63) is 23.8 Å². The molecule has 0 fully saturated rings. The van der Waals surface area contributed by atoms with E-state index in [1.54, 1.807) is 18.2 Å². The molecule has 18 heavy (non-hydrogen) atoms. The summed E-state index contributed by atoms with van der Waals surface area (Å²) in [6.07, 6.45) is 0. The third kappa shape index (κ3) is 4.04. The first-order chi connectivity index (χ1) is 8.58. The van der Waals surface area contributed by atoms with Crippen LogP contribution in [0.25, 0.3) is 0 Å². The van der Waals surface area contributed by atoms with Crippen LogP contribution in [0.1, 0.15) is 31.1 Å². The molecule has 0 radical (unpaired) electrons. The first-order valence-corrected chi connectivity index (χ1v) is 6.34. The second-order valence-corrected chi connectivity index (χ2v) is 4.18. The number of nitrogens with zero attached hydrogens (tertiary/aromatic N) is 1. The molecule has 0 atom stereocenters. The SMILES string of the molecule is CCN(CC)CCOc1ccc(N)c(C(C)=O)c1. The van der Waals surface area contributed by atoms with Crippen LogP contribution in [-0.2, 0) is 0 Å². The third-order valence-electron chi connectivity index (χ3n) is 2.97. The van der Waals surface area contributed by atoms with Gasteiger partial charge >= 0.3 is 0 Å². The molecule has 0 spiro atoms. The van der Waals surface area contributed by atoms with Crippen LogP contribution in [0.4, 0.5) is 5.69 Å². The lowest BCUT2D eigenvalue weighted by atomic mass is 10.1. The van der Waals surface area contributed by atoms with Gasteiger partial charge in [-0.2, -0.15) is 0 Å². The number of anilines is 1. The van der Waals surface area contributed by atoms with Gasteiger partial charge < -0.3 is 15.4 Å². The Hall–Kier alpha value is -1.55. The number of carbonyl (C=O) groups is 1. The standard InChI is InChI=1S/C14H22N2O2/c1-4-16(5-2)8-9-18-12-6-7-14(15)13(10-12)11(3)17/h6-7,10H,4-5,8-9,15H2,1-3H3. The van der Waals surface area contributed by atoms with Crippen molar-refractivity contribution in [2.75, 3.05) is 32.0 Å². The Morgan fingerprint density at radius 1 is 1.33 bits per heavy atom. The summed E-state index contributed by atoms with van der Waals surface area (Å²) in [5.41, 5.74) is 6.75. The normalized spacial score (nSPS) is 10.7. The van der Waals surface area contributed by atoms with Gasteiger partial charge in [0.15, 0.2) is 5.78 Å². The van der Waals surface area contributed by atoms with Crippen LogP contribution in [0.15, 0.2) is 18.2 Å². The number of benzene rings is 1. The molecule has 0 saturated heterocycles. The zero-order chi connectivity index (χ0) is 13.5. The Kier molecular flexibility index (Phi) is 5.65. The molecule has 1 rings (SSSR count). The van der Waals surface area contributed by atoms with Crippen molar-refractivity contribution < 1.29 is 9.53 Å². The molecule has 1 aromatic carbocycles. The van der Waals surface area contributed by atoms with Crippen molar-refractivity contribution in [3.8, 4) is 5.75 Å². The molecule has 0 aliphatic carbocycles. The van der Waals surface area contributed by atoms with Crippen molar-refractivity contribution in [1.29, 1.82) is 0 Å². The molecule has 0 aromatic heterocycles. The van der Waals surface area contributed by atoms with Gasteiger partial charge in [-0.3, -0.25) is 4.79 Å². The number of Topliss-reactive ketones (excluding diaryl/α,β-unsaturated/α-hetero) is 1. The van der Waals surface area contributed by atoms with E-state index in [1.807, 2.05) is 0 Å². The highest BCUT2D eigenvalue weighted by atomic mass is 16.5. The first-order valence-electron chi connectivity index (χ1n) is 6.34. The van der Waals surface area contributed by atoms with E-state index in [-0.39, 0.29) is 5.78 Å². The van der Waals surface area contributed by atoms with Crippen molar-refractivity contribution in [2.24, 2.45) is 0 Å². The van der Waals surface area contributed by atoms with Crippen LogP contribution in [0.5, 0.6) is 5.75 Å². The second-order valence-electron chi connectivity index (χ2n) is 4.18. The quantitative estimate of drug-likeness (QED) is 0.595. The van der Waals surface area contributed by atoms with Crippen LogP contribution >= 0.6 is 0 Å². The molecule has 0 aliphatic rings. The Morgan fingerprint density at radius 3 is 2.56 bits per heavy atom. The molecule has 0 saturated carbocycles. The Balaban J connectivity index is 2.58. The first kappa shape index (κ1) is 14.5. The third-order valence-corrected chi connectivity index (χ3v) is 2.97. The number of rotatable bonds is 7. The van der Waals surface area contributed by atoms with Gasteiger partial charge in [0.2, 0.25) is 0 Å². The number of ether oxygens (including phenoxy) is 1. The number of likely N-dealkylation sites (N-methyl/N-ethyl adjacent to an activating group) is 1. The molecule has 100 valence electrons. The van der Waals surface area contributed by atoms with Crippen molar-refractivity contribution in [2.45, 2.75) is 20.8 Å². The molecule has 4 heteroatoms. The van der Waals surface area contributed by atoms with Gasteiger partial charge in [0, 0.05) is 17.8 Å². The average Bonchev–Trinajstić information content (AvgIpc) is 2.36. The minimum Gasteiger partial charge on any atom is -0.492 e. The predicted molar refractivity (Wildman–Crippen MR) is 74.1 cm³/mol. The topological polar surface area (TPSA) is 55.6 Å². The maximum absolute atomic E-state index is 11.3. The van der Waals surface area contributed by atoms with E-state index in [9.17, 15) is 4.79 Å².